The van der Waals surface area contributed by atoms with Crippen LogP contribution in [0.4, 0.5) is 5.69 Å². The number of benzene rings is 2. The zero-order valence-corrected chi connectivity index (χ0v) is 19.0. The molecule has 2 heterocycles. The number of aryl methyl sites for hydroxylation is 3. The highest BCUT2D eigenvalue weighted by atomic mass is 35.5. The van der Waals surface area contributed by atoms with Crippen LogP contribution in [0.5, 0.6) is 5.75 Å². The number of halogens is 1. The van der Waals surface area contributed by atoms with Crippen molar-refractivity contribution in [2.24, 2.45) is 0 Å². The lowest BCUT2D eigenvalue weighted by atomic mass is 10.1. The molecule has 2 aromatic heterocycles. The molecular weight excluding hydrogens is 436 g/mol. The summed E-state index contributed by atoms with van der Waals surface area (Å²) < 4.78 is 36.3. The average Bonchev–Trinajstić information content (AvgIpc) is 3.14. The number of nitrogens with zero attached hydrogens (tertiary/aromatic N) is 3. The third-order valence-corrected chi connectivity index (χ3v) is 6.69. The van der Waals surface area contributed by atoms with E-state index in [1.54, 1.807) is 54.0 Å². The molecule has 0 saturated heterocycles. The molecule has 31 heavy (non-hydrogen) atoms. The quantitative estimate of drug-likeness (QED) is 0.467. The predicted octanol–water partition coefficient (Wildman–Crippen LogP) is 4.78. The van der Waals surface area contributed by atoms with E-state index in [2.05, 4.69) is 14.8 Å². The Kier molecular flexibility index (Phi) is 5.36. The molecule has 0 bridgehead atoms. The van der Waals surface area contributed by atoms with Crippen molar-refractivity contribution in [2.45, 2.75) is 25.7 Å². The van der Waals surface area contributed by atoms with E-state index in [4.69, 9.17) is 16.3 Å². The second-order valence-electron chi connectivity index (χ2n) is 7.24. The molecule has 0 saturated carbocycles. The number of ether oxygens (including phenoxy) is 1. The molecule has 4 aromatic rings. The van der Waals surface area contributed by atoms with Crippen LogP contribution in [0.15, 0.2) is 53.6 Å². The molecule has 9 heteroatoms. The maximum atomic E-state index is 13.3. The van der Waals surface area contributed by atoms with E-state index >= 15 is 0 Å². The molecule has 160 valence electrons. The Morgan fingerprint density at radius 3 is 2.58 bits per heavy atom. The Hall–Kier alpha value is -3.10. The number of nitrogens with one attached hydrogen (secondary N) is 1. The number of rotatable bonds is 5. The average molecular weight is 457 g/mol. The molecule has 2 aromatic carbocycles. The fourth-order valence-electron chi connectivity index (χ4n) is 3.48. The summed E-state index contributed by atoms with van der Waals surface area (Å²) >= 11 is 6.23. The van der Waals surface area contributed by atoms with Crippen LogP contribution in [-0.4, -0.2) is 30.1 Å². The number of sulfonamides is 1. The van der Waals surface area contributed by atoms with Crippen molar-refractivity contribution in [2.75, 3.05) is 11.8 Å². The molecule has 1 N–H and O–H groups in total. The SMILES string of the molecule is COc1ccc(-c2cnn3c(C)cc(C)nc23)cc1S(=O)(=O)Nc1c(C)cccc1Cl. The first kappa shape index (κ1) is 21.1. The molecule has 0 unspecified atom stereocenters. The zero-order chi connectivity index (χ0) is 22.3. The van der Waals surface area contributed by atoms with Crippen LogP contribution < -0.4 is 9.46 Å². The summed E-state index contributed by atoms with van der Waals surface area (Å²) in [5.41, 5.74) is 4.87. The minimum absolute atomic E-state index is 0.00413. The molecule has 7 nitrogen and oxygen atoms in total. The number of para-hydroxylation sites is 1. The maximum Gasteiger partial charge on any atom is 0.265 e. The first-order chi connectivity index (χ1) is 14.7. The summed E-state index contributed by atoms with van der Waals surface area (Å²) in [6, 6.07) is 12.1. The summed E-state index contributed by atoms with van der Waals surface area (Å²) in [5.74, 6) is 0.220. The van der Waals surface area contributed by atoms with E-state index in [0.29, 0.717) is 27.5 Å². The molecule has 0 atom stereocenters. The van der Waals surface area contributed by atoms with Crippen LogP contribution in [0, 0.1) is 20.8 Å². The standard InChI is InChI=1S/C22H21ClN4O3S/c1-13-6-5-7-18(23)21(13)26-31(28,29)20-11-16(8-9-19(20)30-4)17-12-24-27-15(3)10-14(2)25-22(17)27/h5-12,26H,1-4H3. The summed E-state index contributed by atoms with van der Waals surface area (Å²) in [6.45, 7) is 5.63. The molecule has 0 aliphatic rings. The minimum atomic E-state index is -3.99. The molecule has 0 aliphatic heterocycles. The Morgan fingerprint density at radius 2 is 1.87 bits per heavy atom. The number of hydrogen-bond donors (Lipinski definition) is 1. The number of anilines is 1. The van der Waals surface area contributed by atoms with Crippen molar-refractivity contribution in [3.8, 4) is 16.9 Å². The summed E-state index contributed by atoms with van der Waals surface area (Å²) in [7, 11) is -2.56. The van der Waals surface area contributed by atoms with Gasteiger partial charge in [-0.3, -0.25) is 4.72 Å². The van der Waals surface area contributed by atoms with Gasteiger partial charge in [-0.1, -0.05) is 29.8 Å². The Morgan fingerprint density at radius 1 is 1.10 bits per heavy atom. The first-order valence-corrected chi connectivity index (χ1v) is 11.4. The van der Waals surface area contributed by atoms with E-state index in [0.717, 1.165) is 17.0 Å². The second kappa shape index (κ2) is 7.86. The lowest BCUT2D eigenvalue weighted by molar-refractivity contribution is 0.403. The van der Waals surface area contributed by atoms with Crippen molar-refractivity contribution >= 4 is 33.0 Å². The molecule has 0 radical (unpaired) electrons. The maximum absolute atomic E-state index is 13.3. The Labute approximate surface area is 185 Å². The molecule has 0 spiro atoms. The van der Waals surface area contributed by atoms with Crippen molar-refractivity contribution in [3.05, 3.63) is 70.6 Å². The van der Waals surface area contributed by atoms with E-state index in [1.807, 2.05) is 19.9 Å². The van der Waals surface area contributed by atoms with Crippen molar-refractivity contribution < 1.29 is 13.2 Å². The number of fused-ring (bicyclic) bond motifs is 1. The van der Waals surface area contributed by atoms with E-state index in [1.165, 1.54) is 7.11 Å². The molecule has 0 fully saturated rings. The van der Waals surface area contributed by atoms with Crippen LogP contribution in [0.2, 0.25) is 5.02 Å². The fraction of sp³-hybridized carbons (Fsp3) is 0.182. The van der Waals surface area contributed by atoms with Gasteiger partial charge in [0.1, 0.15) is 10.6 Å². The number of methoxy groups -OCH3 is 1. The van der Waals surface area contributed by atoms with Gasteiger partial charge in [0, 0.05) is 17.0 Å². The normalized spacial score (nSPS) is 11.6. The molecule has 0 aliphatic carbocycles. The minimum Gasteiger partial charge on any atom is -0.495 e. The third-order valence-electron chi connectivity index (χ3n) is 5.00. The number of hydrogen-bond acceptors (Lipinski definition) is 5. The van der Waals surface area contributed by atoms with Gasteiger partial charge >= 0.3 is 0 Å². The van der Waals surface area contributed by atoms with Gasteiger partial charge in [0.15, 0.2) is 5.65 Å². The van der Waals surface area contributed by atoms with Crippen LogP contribution in [-0.2, 0) is 10.0 Å². The summed E-state index contributed by atoms with van der Waals surface area (Å²) in [4.78, 5) is 4.58. The topological polar surface area (TPSA) is 85.6 Å². The fourth-order valence-corrected chi connectivity index (χ4v) is 5.15. The highest BCUT2D eigenvalue weighted by molar-refractivity contribution is 7.92. The Bertz CT molecular complexity index is 1390. The Balaban J connectivity index is 1.86. The van der Waals surface area contributed by atoms with E-state index < -0.39 is 10.0 Å². The molecule has 0 amide bonds. The van der Waals surface area contributed by atoms with Gasteiger partial charge in [-0.05, 0) is 56.2 Å². The van der Waals surface area contributed by atoms with Gasteiger partial charge in [-0.25, -0.2) is 17.9 Å². The summed E-state index contributed by atoms with van der Waals surface area (Å²) in [6.07, 6.45) is 1.68. The van der Waals surface area contributed by atoms with Gasteiger partial charge in [-0.15, -0.1) is 0 Å². The second-order valence-corrected chi connectivity index (χ2v) is 9.29. The van der Waals surface area contributed by atoms with Gasteiger partial charge in [0.2, 0.25) is 0 Å². The lowest BCUT2D eigenvalue weighted by Gasteiger charge is -2.15. The van der Waals surface area contributed by atoms with Crippen LogP contribution in [0.3, 0.4) is 0 Å². The number of aromatic nitrogens is 3. The van der Waals surface area contributed by atoms with E-state index in [-0.39, 0.29) is 10.6 Å². The smallest absolute Gasteiger partial charge is 0.265 e. The lowest BCUT2D eigenvalue weighted by Crippen LogP contribution is -2.15. The van der Waals surface area contributed by atoms with Gasteiger partial charge in [0.25, 0.3) is 10.0 Å². The molecular formula is C22H21ClN4O3S. The summed E-state index contributed by atoms with van der Waals surface area (Å²) in [5, 5.41) is 4.72. The monoisotopic (exact) mass is 456 g/mol. The van der Waals surface area contributed by atoms with Crippen molar-refractivity contribution in [3.63, 3.8) is 0 Å². The highest BCUT2D eigenvalue weighted by Gasteiger charge is 2.23. The van der Waals surface area contributed by atoms with Crippen LogP contribution in [0.1, 0.15) is 17.0 Å². The molecule has 4 rings (SSSR count). The van der Waals surface area contributed by atoms with Crippen LogP contribution in [0.25, 0.3) is 16.8 Å². The van der Waals surface area contributed by atoms with Gasteiger partial charge in [-0.2, -0.15) is 5.10 Å². The predicted molar refractivity (Wildman–Crippen MR) is 121 cm³/mol. The van der Waals surface area contributed by atoms with Crippen LogP contribution >= 0.6 is 11.6 Å². The van der Waals surface area contributed by atoms with Gasteiger partial charge in [0.05, 0.1) is 24.0 Å². The highest BCUT2D eigenvalue weighted by Crippen LogP contribution is 2.34. The van der Waals surface area contributed by atoms with Crippen molar-refractivity contribution in [1.82, 2.24) is 14.6 Å². The van der Waals surface area contributed by atoms with E-state index in [9.17, 15) is 8.42 Å². The largest absolute Gasteiger partial charge is 0.495 e. The third kappa shape index (κ3) is 3.84. The zero-order valence-electron chi connectivity index (χ0n) is 17.5. The van der Waals surface area contributed by atoms with Crippen molar-refractivity contribution in [1.29, 1.82) is 0 Å². The van der Waals surface area contributed by atoms with Gasteiger partial charge < -0.3 is 4.74 Å². The first-order valence-electron chi connectivity index (χ1n) is 9.49.